The quantitative estimate of drug-likeness (QED) is 0.780. The zero-order valence-electron chi connectivity index (χ0n) is 16.2. The molecular formula is C21H24N6O2. The standard InChI is InChI=1S/C21H24N6O2/c22-13-21(10-11-21)27-12-17(25-26-27)18(14-4-2-1-3-5-14)24-20(29)16-8-6-15(7-9-16)19(23)28/h6-9,12,14,18H,1-5,10-11H2,(H2,23,28)(H,24,29)/t18-/m0/s1. The first-order chi connectivity index (χ1) is 14.0. The van der Waals surface area contributed by atoms with Gasteiger partial charge in [-0.1, -0.05) is 24.5 Å². The number of nitrogens with two attached hydrogens (primary N) is 1. The summed E-state index contributed by atoms with van der Waals surface area (Å²) in [7, 11) is 0. The van der Waals surface area contributed by atoms with Crippen molar-refractivity contribution in [2.45, 2.75) is 56.5 Å². The van der Waals surface area contributed by atoms with E-state index in [1.165, 1.54) is 6.42 Å². The molecule has 0 bridgehead atoms. The molecule has 3 N–H and O–H groups in total. The van der Waals surface area contributed by atoms with Gasteiger partial charge in [-0.3, -0.25) is 9.59 Å². The molecule has 8 heteroatoms. The Bertz CT molecular complexity index is 948. The summed E-state index contributed by atoms with van der Waals surface area (Å²) in [4.78, 5) is 24.1. The fourth-order valence-electron chi connectivity index (χ4n) is 4.05. The molecule has 2 aromatic rings. The molecule has 1 aromatic carbocycles. The lowest BCUT2D eigenvalue weighted by molar-refractivity contribution is 0.0909. The molecule has 2 fully saturated rings. The van der Waals surface area contributed by atoms with Gasteiger partial charge >= 0.3 is 0 Å². The van der Waals surface area contributed by atoms with Crippen LogP contribution in [0.15, 0.2) is 30.5 Å². The van der Waals surface area contributed by atoms with Crippen LogP contribution in [0.4, 0.5) is 0 Å². The fourth-order valence-corrected chi connectivity index (χ4v) is 4.05. The molecule has 0 aliphatic heterocycles. The van der Waals surface area contributed by atoms with Gasteiger partial charge in [0, 0.05) is 11.1 Å². The smallest absolute Gasteiger partial charge is 0.251 e. The summed E-state index contributed by atoms with van der Waals surface area (Å²) < 4.78 is 1.64. The Morgan fingerprint density at radius 3 is 2.41 bits per heavy atom. The highest BCUT2D eigenvalue weighted by Crippen LogP contribution is 2.42. The molecule has 2 saturated carbocycles. The Labute approximate surface area is 169 Å². The van der Waals surface area contributed by atoms with Gasteiger partial charge in [-0.05, 0) is 55.9 Å². The zero-order chi connectivity index (χ0) is 20.4. The Morgan fingerprint density at radius 2 is 1.83 bits per heavy atom. The molecule has 0 radical (unpaired) electrons. The molecule has 0 spiro atoms. The van der Waals surface area contributed by atoms with E-state index in [1.54, 1.807) is 28.9 Å². The summed E-state index contributed by atoms with van der Waals surface area (Å²) >= 11 is 0. The van der Waals surface area contributed by atoms with Gasteiger partial charge in [0.05, 0.1) is 18.3 Å². The van der Waals surface area contributed by atoms with Crippen LogP contribution in [0.2, 0.25) is 0 Å². The number of nitriles is 1. The molecule has 2 amide bonds. The summed E-state index contributed by atoms with van der Waals surface area (Å²) in [6.45, 7) is 0. The minimum Gasteiger partial charge on any atom is -0.366 e. The highest BCUT2D eigenvalue weighted by molar-refractivity contribution is 5.97. The third-order valence-corrected chi connectivity index (χ3v) is 6.04. The summed E-state index contributed by atoms with van der Waals surface area (Å²) in [6, 6.07) is 8.34. The number of benzene rings is 1. The second-order valence-electron chi connectivity index (χ2n) is 8.02. The first-order valence-corrected chi connectivity index (χ1v) is 10.1. The number of hydrogen-bond acceptors (Lipinski definition) is 5. The topological polar surface area (TPSA) is 127 Å². The average molecular weight is 392 g/mol. The number of nitrogens with zero attached hydrogens (tertiary/aromatic N) is 4. The molecule has 0 unspecified atom stereocenters. The fraction of sp³-hybridized carbons (Fsp3) is 0.476. The first kappa shape index (κ1) is 19.1. The summed E-state index contributed by atoms with van der Waals surface area (Å²) in [5.74, 6) is -0.479. The van der Waals surface area contributed by atoms with E-state index in [2.05, 4.69) is 21.7 Å². The Hall–Kier alpha value is -3.21. The van der Waals surface area contributed by atoms with Crippen LogP contribution < -0.4 is 11.1 Å². The number of rotatable bonds is 6. The highest BCUT2D eigenvalue weighted by atomic mass is 16.2. The molecule has 1 aromatic heterocycles. The molecule has 1 atom stereocenters. The van der Waals surface area contributed by atoms with Crippen LogP contribution in [0.1, 0.15) is 77.4 Å². The molecule has 2 aliphatic carbocycles. The van der Waals surface area contributed by atoms with Gasteiger partial charge < -0.3 is 11.1 Å². The summed E-state index contributed by atoms with van der Waals surface area (Å²) in [5, 5.41) is 21.0. The number of nitrogens with one attached hydrogen (secondary N) is 1. The normalized spacial score (nSPS) is 19.1. The number of amides is 2. The zero-order valence-corrected chi connectivity index (χ0v) is 16.2. The maximum absolute atomic E-state index is 12.9. The summed E-state index contributed by atoms with van der Waals surface area (Å²) in [5.41, 5.74) is 6.21. The van der Waals surface area contributed by atoms with E-state index in [1.807, 2.05) is 6.20 Å². The predicted molar refractivity (Wildman–Crippen MR) is 105 cm³/mol. The molecule has 2 aliphatic rings. The maximum Gasteiger partial charge on any atom is 0.251 e. The van der Waals surface area contributed by atoms with Crippen LogP contribution in [-0.2, 0) is 5.54 Å². The molecule has 1 heterocycles. The number of carbonyl (C=O) groups excluding carboxylic acids is 2. The van der Waals surface area contributed by atoms with Crippen molar-refractivity contribution >= 4 is 11.8 Å². The largest absolute Gasteiger partial charge is 0.366 e. The minimum atomic E-state index is -0.572. The van der Waals surface area contributed by atoms with Crippen LogP contribution in [-0.4, -0.2) is 26.8 Å². The highest BCUT2D eigenvalue weighted by Gasteiger charge is 2.47. The minimum absolute atomic E-state index is 0.229. The van der Waals surface area contributed by atoms with Gasteiger partial charge in [-0.2, -0.15) is 5.26 Å². The van der Waals surface area contributed by atoms with E-state index in [4.69, 9.17) is 5.73 Å². The number of aromatic nitrogens is 3. The number of hydrogen-bond donors (Lipinski definition) is 2. The van der Waals surface area contributed by atoms with Crippen LogP contribution in [0, 0.1) is 17.2 Å². The van der Waals surface area contributed by atoms with E-state index in [9.17, 15) is 14.9 Å². The van der Waals surface area contributed by atoms with Crippen molar-refractivity contribution in [2.75, 3.05) is 0 Å². The second-order valence-corrected chi connectivity index (χ2v) is 8.02. The van der Waals surface area contributed by atoms with Gasteiger partial charge in [0.25, 0.3) is 5.91 Å². The predicted octanol–water partition coefficient (Wildman–Crippen LogP) is 2.44. The van der Waals surface area contributed by atoms with Crippen LogP contribution in [0.25, 0.3) is 0 Å². The molecule has 4 rings (SSSR count). The SMILES string of the molecule is N#CC1(n2cc([C@@H](NC(=O)c3ccc(C(N)=O)cc3)C3CCCCC3)nn2)CC1. The Balaban J connectivity index is 1.57. The van der Waals surface area contributed by atoms with Gasteiger partial charge in [-0.15, -0.1) is 5.10 Å². The van der Waals surface area contributed by atoms with Gasteiger partial charge in [0.15, 0.2) is 5.54 Å². The van der Waals surface area contributed by atoms with Crippen LogP contribution in [0.5, 0.6) is 0 Å². The van der Waals surface area contributed by atoms with Crippen molar-refractivity contribution in [3.63, 3.8) is 0 Å². The van der Waals surface area contributed by atoms with E-state index in [0.29, 0.717) is 16.8 Å². The third kappa shape index (κ3) is 3.86. The van der Waals surface area contributed by atoms with E-state index in [-0.39, 0.29) is 17.9 Å². The van der Waals surface area contributed by atoms with Gasteiger partial charge in [0.2, 0.25) is 5.91 Å². The molecule has 8 nitrogen and oxygen atoms in total. The van der Waals surface area contributed by atoms with Gasteiger partial charge in [0.1, 0.15) is 5.69 Å². The van der Waals surface area contributed by atoms with E-state index in [0.717, 1.165) is 38.5 Å². The Morgan fingerprint density at radius 1 is 1.17 bits per heavy atom. The lowest BCUT2D eigenvalue weighted by atomic mass is 9.82. The lowest BCUT2D eigenvalue weighted by Gasteiger charge is -2.29. The molecule has 29 heavy (non-hydrogen) atoms. The summed E-state index contributed by atoms with van der Waals surface area (Å²) in [6.07, 6.45) is 8.85. The van der Waals surface area contributed by atoms with Crippen molar-refractivity contribution in [1.29, 1.82) is 5.26 Å². The molecule has 150 valence electrons. The van der Waals surface area contributed by atoms with Crippen LogP contribution >= 0.6 is 0 Å². The molecular weight excluding hydrogens is 368 g/mol. The first-order valence-electron chi connectivity index (χ1n) is 10.1. The monoisotopic (exact) mass is 392 g/mol. The number of primary amides is 1. The average Bonchev–Trinajstić information content (AvgIpc) is 3.41. The Kier molecular flexibility index (Phi) is 5.05. The third-order valence-electron chi connectivity index (χ3n) is 6.04. The van der Waals surface area contributed by atoms with Crippen molar-refractivity contribution in [3.05, 3.63) is 47.3 Å². The van der Waals surface area contributed by atoms with Crippen molar-refractivity contribution in [3.8, 4) is 6.07 Å². The van der Waals surface area contributed by atoms with E-state index < -0.39 is 11.4 Å². The van der Waals surface area contributed by atoms with Crippen molar-refractivity contribution in [1.82, 2.24) is 20.3 Å². The van der Waals surface area contributed by atoms with E-state index >= 15 is 0 Å². The van der Waals surface area contributed by atoms with Crippen molar-refractivity contribution in [2.24, 2.45) is 11.7 Å². The number of carbonyl (C=O) groups is 2. The second kappa shape index (κ2) is 7.66. The van der Waals surface area contributed by atoms with Crippen LogP contribution in [0.3, 0.4) is 0 Å². The maximum atomic E-state index is 12.9. The molecule has 0 saturated heterocycles. The van der Waals surface area contributed by atoms with Gasteiger partial charge in [-0.25, -0.2) is 4.68 Å². The van der Waals surface area contributed by atoms with Crippen molar-refractivity contribution < 1.29 is 9.59 Å². The lowest BCUT2D eigenvalue weighted by Crippen LogP contribution is -2.34.